The van der Waals surface area contributed by atoms with Gasteiger partial charge in [-0.15, -0.1) is 11.3 Å². The standard InChI is InChI=1S/C22H17FN2O5S2/c23-16-4-1-14(2-5-16)12-25-17-7-8-31-22(17)21(26)20(32(25,27)28)11-24-10-15-3-6-18-19(9-15)30-13-29-18/h1-9,11,24H,10,12-13H2/b20-11-. The molecule has 3 heterocycles. The lowest BCUT2D eigenvalue weighted by atomic mass is 10.2. The molecule has 10 heteroatoms. The number of carbonyl (C=O) groups excluding carboxylic acids is 1. The van der Waals surface area contributed by atoms with E-state index in [1.54, 1.807) is 23.6 Å². The lowest BCUT2D eigenvalue weighted by Gasteiger charge is -2.29. The molecule has 0 saturated heterocycles. The van der Waals surface area contributed by atoms with Crippen molar-refractivity contribution in [2.45, 2.75) is 13.1 Å². The Morgan fingerprint density at radius 2 is 1.81 bits per heavy atom. The van der Waals surface area contributed by atoms with Gasteiger partial charge in [0.25, 0.3) is 10.0 Å². The minimum absolute atomic E-state index is 0.0148. The maximum absolute atomic E-state index is 13.3. The number of anilines is 1. The van der Waals surface area contributed by atoms with Gasteiger partial charge in [0, 0.05) is 12.7 Å². The highest BCUT2D eigenvalue weighted by Crippen LogP contribution is 2.39. The van der Waals surface area contributed by atoms with Crippen molar-refractivity contribution in [3.8, 4) is 11.5 Å². The molecule has 32 heavy (non-hydrogen) atoms. The van der Waals surface area contributed by atoms with Crippen LogP contribution in [0.3, 0.4) is 0 Å². The first-order valence-electron chi connectivity index (χ1n) is 9.65. The number of carbonyl (C=O) groups is 1. The van der Waals surface area contributed by atoms with Gasteiger partial charge in [-0.25, -0.2) is 12.8 Å². The number of sulfonamides is 1. The smallest absolute Gasteiger partial charge is 0.270 e. The molecule has 2 aliphatic heterocycles. The van der Waals surface area contributed by atoms with Gasteiger partial charge in [-0.1, -0.05) is 18.2 Å². The molecule has 2 aromatic carbocycles. The first-order valence-corrected chi connectivity index (χ1v) is 12.0. The summed E-state index contributed by atoms with van der Waals surface area (Å²) in [5.41, 5.74) is 1.78. The van der Waals surface area contributed by atoms with Crippen molar-refractivity contribution >= 4 is 32.8 Å². The van der Waals surface area contributed by atoms with Crippen LogP contribution in [0.2, 0.25) is 0 Å². The highest BCUT2D eigenvalue weighted by Gasteiger charge is 2.41. The molecule has 1 N–H and O–H groups in total. The monoisotopic (exact) mass is 472 g/mol. The Balaban J connectivity index is 1.43. The van der Waals surface area contributed by atoms with Crippen LogP contribution < -0.4 is 19.1 Å². The van der Waals surface area contributed by atoms with Crippen LogP contribution >= 0.6 is 11.3 Å². The molecular formula is C22H17FN2O5S2. The van der Waals surface area contributed by atoms with Crippen LogP contribution in [0.4, 0.5) is 10.1 Å². The normalized spacial score (nSPS) is 17.5. The van der Waals surface area contributed by atoms with Gasteiger partial charge in [-0.05, 0) is 46.8 Å². The molecule has 1 aromatic heterocycles. The van der Waals surface area contributed by atoms with E-state index in [-0.39, 0.29) is 24.8 Å². The second-order valence-electron chi connectivity index (χ2n) is 7.18. The molecule has 7 nitrogen and oxygen atoms in total. The molecule has 5 rings (SSSR count). The maximum atomic E-state index is 13.3. The maximum Gasteiger partial charge on any atom is 0.270 e. The van der Waals surface area contributed by atoms with E-state index in [9.17, 15) is 17.6 Å². The van der Waals surface area contributed by atoms with E-state index in [1.807, 2.05) is 6.07 Å². The van der Waals surface area contributed by atoms with Crippen molar-refractivity contribution in [3.63, 3.8) is 0 Å². The molecular weight excluding hydrogens is 455 g/mol. The summed E-state index contributed by atoms with van der Waals surface area (Å²) in [5.74, 6) is 0.310. The fourth-order valence-electron chi connectivity index (χ4n) is 3.52. The Labute approximate surface area is 187 Å². The molecule has 3 aromatic rings. The number of rotatable bonds is 5. The van der Waals surface area contributed by atoms with Crippen LogP contribution in [-0.2, 0) is 23.1 Å². The summed E-state index contributed by atoms with van der Waals surface area (Å²) in [6.45, 7) is 0.438. The molecule has 0 bridgehead atoms. The Hall–Kier alpha value is -3.37. The molecule has 0 amide bonds. The average Bonchev–Trinajstić information content (AvgIpc) is 3.44. The zero-order valence-corrected chi connectivity index (χ0v) is 18.2. The number of allylic oxidation sites excluding steroid dienone is 1. The van der Waals surface area contributed by atoms with Gasteiger partial charge in [0.15, 0.2) is 16.4 Å². The summed E-state index contributed by atoms with van der Waals surface area (Å²) in [6.07, 6.45) is 1.24. The number of benzene rings is 2. The van der Waals surface area contributed by atoms with Crippen molar-refractivity contribution in [1.82, 2.24) is 5.32 Å². The molecule has 0 atom stereocenters. The van der Waals surface area contributed by atoms with Crippen molar-refractivity contribution in [2.75, 3.05) is 11.1 Å². The van der Waals surface area contributed by atoms with Crippen molar-refractivity contribution in [2.24, 2.45) is 0 Å². The third-order valence-corrected chi connectivity index (χ3v) is 7.79. The minimum Gasteiger partial charge on any atom is -0.454 e. The SMILES string of the molecule is O=C1/C(=C/NCc2ccc3c(c2)OCO3)S(=O)(=O)N(Cc2ccc(F)cc2)c2ccsc21. The quantitative estimate of drug-likeness (QED) is 0.569. The minimum atomic E-state index is -4.12. The summed E-state index contributed by atoms with van der Waals surface area (Å²) < 4.78 is 51.8. The van der Waals surface area contributed by atoms with Gasteiger partial charge in [0.2, 0.25) is 12.6 Å². The van der Waals surface area contributed by atoms with Crippen LogP contribution in [0, 0.1) is 5.82 Å². The molecule has 0 aliphatic carbocycles. The number of hydrogen-bond acceptors (Lipinski definition) is 7. The Bertz CT molecular complexity index is 1330. The third kappa shape index (κ3) is 3.61. The van der Waals surface area contributed by atoms with Crippen LogP contribution in [0.5, 0.6) is 11.5 Å². The van der Waals surface area contributed by atoms with Crippen LogP contribution in [0.1, 0.15) is 20.8 Å². The highest BCUT2D eigenvalue weighted by molar-refractivity contribution is 7.97. The van der Waals surface area contributed by atoms with Crippen molar-refractivity contribution < 1.29 is 27.1 Å². The Morgan fingerprint density at radius 1 is 1.06 bits per heavy atom. The first kappa shape index (κ1) is 20.5. The second-order valence-corrected chi connectivity index (χ2v) is 9.93. The fraction of sp³-hybridized carbons (Fsp3) is 0.136. The van der Waals surface area contributed by atoms with Gasteiger partial charge in [0.05, 0.1) is 12.2 Å². The van der Waals surface area contributed by atoms with Gasteiger partial charge >= 0.3 is 0 Å². The van der Waals surface area contributed by atoms with Gasteiger partial charge in [0.1, 0.15) is 10.7 Å². The van der Waals surface area contributed by atoms with E-state index in [4.69, 9.17) is 9.47 Å². The summed E-state index contributed by atoms with van der Waals surface area (Å²) >= 11 is 1.18. The predicted octanol–water partition coefficient (Wildman–Crippen LogP) is 3.78. The molecule has 0 saturated carbocycles. The van der Waals surface area contributed by atoms with E-state index >= 15 is 0 Å². The molecule has 0 fully saturated rings. The number of Topliss-reactive ketones (excluding diaryl/α,β-unsaturated/α-hetero) is 1. The Morgan fingerprint density at radius 3 is 2.62 bits per heavy atom. The summed E-state index contributed by atoms with van der Waals surface area (Å²) in [6, 6.07) is 12.6. The molecule has 0 radical (unpaired) electrons. The van der Waals surface area contributed by atoms with E-state index in [1.165, 1.54) is 46.1 Å². The first-order chi connectivity index (χ1) is 15.4. The van der Waals surface area contributed by atoms with Crippen LogP contribution in [0.25, 0.3) is 0 Å². The number of hydrogen-bond donors (Lipinski definition) is 1. The second kappa shape index (κ2) is 7.95. The largest absolute Gasteiger partial charge is 0.454 e. The summed E-state index contributed by atoms with van der Waals surface area (Å²) in [7, 11) is -4.12. The highest BCUT2D eigenvalue weighted by atomic mass is 32.2. The Kier molecular flexibility index (Phi) is 5.10. The molecule has 0 unspecified atom stereocenters. The number of nitrogens with zero attached hydrogens (tertiary/aromatic N) is 1. The van der Waals surface area contributed by atoms with Crippen molar-refractivity contribution in [1.29, 1.82) is 0 Å². The number of thiophene rings is 1. The van der Waals surface area contributed by atoms with Gasteiger partial charge in [-0.3, -0.25) is 9.10 Å². The fourth-order valence-corrected chi connectivity index (χ4v) is 6.03. The number of halogens is 1. The predicted molar refractivity (Wildman–Crippen MR) is 118 cm³/mol. The lowest BCUT2D eigenvalue weighted by Crippen LogP contribution is -2.38. The number of fused-ring (bicyclic) bond motifs is 2. The third-order valence-electron chi connectivity index (χ3n) is 5.13. The molecule has 2 aliphatic rings. The van der Waals surface area contributed by atoms with E-state index in [0.717, 1.165) is 5.56 Å². The summed E-state index contributed by atoms with van der Waals surface area (Å²) in [5, 5.41) is 4.61. The number of ether oxygens (including phenoxy) is 2. The number of ketones is 1. The average molecular weight is 473 g/mol. The van der Waals surface area contributed by atoms with Gasteiger partial charge < -0.3 is 14.8 Å². The lowest BCUT2D eigenvalue weighted by molar-refractivity contribution is 0.104. The van der Waals surface area contributed by atoms with Gasteiger partial charge in [-0.2, -0.15) is 0 Å². The zero-order valence-electron chi connectivity index (χ0n) is 16.6. The van der Waals surface area contributed by atoms with Crippen LogP contribution in [-0.4, -0.2) is 21.0 Å². The van der Waals surface area contributed by atoms with E-state index in [0.29, 0.717) is 27.6 Å². The molecule has 0 spiro atoms. The number of nitrogens with one attached hydrogen (secondary N) is 1. The van der Waals surface area contributed by atoms with Crippen molar-refractivity contribution in [3.05, 3.63) is 86.8 Å². The molecule has 164 valence electrons. The van der Waals surface area contributed by atoms with E-state index < -0.39 is 21.6 Å². The van der Waals surface area contributed by atoms with E-state index in [2.05, 4.69) is 5.32 Å². The zero-order chi connectivity index (χ0) is 22.3. The van der Waals surface area contributed by atoms with Crippen LogP contribution in [0.15, 0.2) is 65.0 Å². The topological polar surface area (TPSA) is 84.9 Å². The summed E-state index contributed by atoms with van der Waals surface area (Å²) in [4.78, 5) is 12.9.